The Kier molecular flexibility index (Phi) is 5.48. The number of benzene rings is 1. The lowest BCUT2D eigenvalue weighted by Gasteiger charge is -2.49. The van der Waals surface area contributed by atoms with E-state index in [2.05, 4.69) is 34.1 Å². The molecule has 1 saturated heterocycles. The van der Waals surface area contributed by atoms with E-state index in [1.165, 1.54) is 82.3 Å². The van der Waals surface area contributed by atoms with Gasteiger partial charge in [-0.2, -0.15) is 0 Å². The molecule has 2 aliphatic heterocycles. The average molecular weight is 385 g/mol. The molecule has 4 heteroatoms. The van der Waals surface area contributed by atoms with Gasteiger partial charge in [0.05, 0.1) is 5.60 Å². The van der Waals surface area contributed by atoms with Crippen molar-refractivity contribution in [3.05, 3.63) is 35.4 Å². The molecule has 0 radical (unpaired) electrons. The lowest BCUT2D eigenvalue weighted by Crippen LogP contribution is -2.55. The Morgan fingerprint density at radius 3 is 2.11 bits per heavy atom. The molecule has 28 heavy (non-hydrogen) atoms. The maximum Gasteiger partial charge on any atom is 0.159 e. The van der Waals surface area contributed by atoms with Crippen LogP contribution in [0.5, 0.6) is 0 Å². The summed E-state index contributed by atoms with van der Waals surface area (Å²) in [4.78, 5) is 5.52. The minimum Gasteiger partial charge on any atom is -0.368 e. The van der Waals surface area contributed by atoms with E-state index in [1.54, 1.807) is 0 Å². The summed E-state index contributed by atoms with van der Waals surface area (Å²) in [6.45, 7) is 4.97. The Bertz CT molecular complexity index is 656. The predicted molar refractivity (Wildman–Crippen MR) is 111 cm³/mol. The molecule has 154 valence electrons. The van der Waals surface area contributed by atoms with Crippen LogP contribution in [0.3, 0.4) is 0 Å². The largest absolute Gasteiger partial charge is 0.368 e. The summed E-state index contributed by atoms with van der Waals surface area (Å²) in [5, 5.41) is 10.3. The van der Waals surface area contributed by atoms with Crippen LogP contribution in [0.15, 0.2) is 24.3 Å². The Labute approximate surface area is 169 Å². The molecule has 0 aromatic heterocycles. The van der Waals surface area contributed by atoms with E-state index in [4.69, 9.17) is 4.74 Å². The van der Waals surface area contributed by atoms with Crippen LogP contribution in [0.1, 0.15) is 68.9 Å². The molecule has 0 unspecified atom stereocenters. The van der Waals surface area contributed by atoms with Gasteiger partial charge < -0.3 is 9.84 Å². The molecule has 1 aromatic rings. The van der Waals surface area contributed by atoms with Gasteiger partial charge in [-0.3, -0.25) is 9.80 Å². The second-order valence-corrected chi connectivity index (χ2v) is 9.52. The molecule has 1 N–H and O–H groups in total. The smallest absolute Gasteiger partial charge is 0.159 e. The first-order chi connectivity index (χ1) is 13.7. The number of hydrogen-bond acceptors (Lipinski definition) is 4. The van der Waals surface area contributed by atoms with E-state index in [-0.39, 0.29) is 5.60 Å². The van der Waals surface area contributed by atoms with Crippen LogP contribution < -0.4 is 0 Å². The molecule has 0 bridgehead atoms. The van der Waals surface area contributed by atoms with Gasteiger partial charge in [0, 0.05) is 44.7 Å². The highest BCUT2D eigenvalue weighted by Crippen LogP contribution is 2.46. The van der Waals surface area contributed by atoms with Crippen molar-refractivity contribution >= 4 is 0 Å². The van der Waals surface area contributed by atoms with Crippen molar-refractivity contribution in [2.45, 2.75) is 88.2 Å². The van der Waals surface area contributed by atoms with Crippen LogP contribution in [0, 0.1) is 0 Å². The van der Waals surface area contributed by atoms with Crippen LogP contribution >= 0.6 is 0 Å². The zero-order valence-electron chi connectivity index (χ0n) is 17.2. The molecule has 5 rings (SSSR count). The fourth-order valence-corrected chi connectivity index (χ4v) is 6.43. The van der Waals surface area contributed by atoms with Crippen LogP contribution in [0.2, 0.25) is 0 Å². The number of fused-ring (bicyclic) bond motifs is 2. The molecule has 2 heterocycles. The fraction of sp³-hybridized carbons (Fsp3) is 0.750. The molecule has 2 aliphatic carbocycles. The highest BCUT2D eigenvalue weighted by atomic mass is 16.6. The van der Waals surface area contributed by atoms with Crippen molar-refractivity contribution in [1.82, 2.24) is 9.80 Å². The molecule has 4 nitrogen and oxygen atoms in total. The Hall–Kier alpha value is -0.940. The first kappa shape index (κ1) is 19.0. The standard InChI is InChI=1S/C24H36N2O2/c27-23-18-19-6-4-5-9-22(19)24(28-23)12-10-21(11-13-24)26-16-14-25(15-17-26)20-7-2-1-3-8-20/h4-6,9,20-21,23,27H,1-3,7-8,10-18H2/t21?,23-,24?/m0/s1. The highest BCUT2D eigenvalue weighted by molar-refractivity contribution is 5.35. The Morgan fingerprint density at radius 2 is 1.43 bits per heavy atom. The maximum atomic E-state index is 10.3. The zero-order chi connectivity index (χ0) is 19.0. The summed E-state index contributed by atoms with van der Waals surface area (Å²) < 4.78 is 6.20. The van der Waals surface area contributed by atoms with E-state index < -0.39 is 6.29 Å². The lowest BCUT2D eigenvalue weighted by molar-refractivity contribution is -0.215. The third kappa shape index (κ3) is 3.65. The summed E-state index contributed by atoms with van der Waals surface area (Å²) in [6, 6.07) is 10.2. The Balaban J connectivity index is 1.19. The molecule has 4 aliphatic rings. The van der Waals surface area contributed by atoms with E-state index in [0.717, 1.165) is 18.9 Å². The van der Waals surface area contributed by atoms with Crippen molar-refractivity contribution in [2.75, 3.05) is 26.2 Å². The minimum atomic E-state index is -0.648. The number of aliphatic hydroxyl groups is 1. The van der Waals surface area contributed by atoms with Crippen molar-refractivity contribution in [2.24, 2.45) is 0 Å². The van der Waals surface area contributed by atoms with Gasteiger partial charge in [-0.05, 0) is 49.7 Å². The third-order valence-electron chi connectivity index (χ3n) is 7.98. The van der Waals surface area contributed by atoms with Crippen molar-refractivity contribution in [3.63, 3.8) is 0 Å². The van der Waals surface area contributed by atoms with E-state index in [1.807, 2.05) is 0 Å². The molecule has 0 amide bonds. The lowest BCUT2D eigenvalue weighted by atomic mass is 9.74. The molecule has 1 atom stereocenters. The molecular weight excluding hydrogens is 348 g/mol. The van der Waals surface area contributed by atoms with Crippen LogP contribution in [0.25, 0.3) is 0 Å². The number of ether oxygens (including phenoxy) is 1. The average Bonchev–Trinajstić information content (AvgIpc) is 2.75. The van der Waals surface area contributed by atoms with Crippen molar-refractivity contribution < 1.29 is 9.84 Å². The summed E-state index contributed by atoms with van der Waals surface area (Å²) in [5.74, 6) is 0. The summed E-state index contributed by atoms with van der Waals surface area (Å²) >= 11 is 0. The third-order valence-corrected chi connectivity index (χ3v) is 7.98. The van der Waals surface area contributed by atoms with Gasteiger partial charge in [-0.1, -0.05) is 43.5 Å². The minimum absolute atomic E-state index is 0.255. The number of rotatable bonds is 2. The normalized spacial score (nSPS) is 35.8. The first-order valence-electron chi connectivity index (χ1n) is 11.7. The maximum absolute atomic E-state index is 10.3. The monoisotopic (exact) mass is 384 g/mol. The molecular formula is C24H36N2O2. The van der Waals surface area contributed by atoms with Gasteiger partial charge in [-0.15, -0.1) is 0 Å². The number of piperazine rings is 1. The Morgan fingerprint density at radius 1 is 0.821 bits per heavy atom. The van der Waals surface area contributed by atoms with Gasteiger partial charge in [0.25, 0.3) is 0 Å². The number of nitrogens with zero attached hydrogens (tertiary/aromatic N) is 2. The van der Waals surface area contributed by atoms with Gasteiger partial charge in [0.15, 0.2) is 6.29 Å². The van der Waals surface area contributed by atoms with Crippen molar-refractivity contribution in [1.29, 1.82) is 0 Å². The second kappa shape index (κ2) is 8.06. The van der Waals surface area contributed by atoms with Gasteiger partial charge in [0.2, 0.25) is 0 Å². The van der Waals surface area contributed by atoms with Crippen LogP contribution in [-0.4, -0.2) is 59.5 Å². The second-order valence-electron chi connectivity index (χ2n) is 9.52. The molecule has 1 aromatic carbocycles. The van der Waals surface area contributed by atoms with Crippen LogP contribution in [0.4, 0.5) is 0 Å². The SMILES string of the molecule is O[C@@H]1Cc2ccccc2C2(CCC(N3CCN(C4CCCCC4)CC3)CC2)O1. The predicted octanol–water partition coefficient (Wildman–Crippen LogP) is 3.67. The molecule has 2 saturated carbocycles. The van der Waals surface area contributed by atoms with Gasteiger partial charge in [0.1, 0.15) is 0 Å². The summed E-state index contributed by atoms with van der Waals surface area (Å²) in [6.07, 6.45) is 11.6. The quantitative estimate of drug-likeness (QED) is 0.844. The zero-order valence-corrected chi connectivity index (χ0v) is 17.2. The highest BCUT2D eigenvalue weighted by Gasteiger charge is 2.44. The van der Waals surface area contributed by atoms with E-state index in [9.17, 15) is 5.11 Å². The van der Waals surface area contributed by atoms with E-state index >= 15 is 0 Å². The first-order valence-corrected chi connectivity index (χ1v) is 11.7. The summed E-state index contributed by atoms with van der Waals surface area (Å²) in [7, 11) is 0. The van der Waals surface area contributed by atoms with Gasteiger partial charge >= 0.3 is 0 Å². The molecule has 1 spiro atoms. The molecule has 3 fully saturated rings. The fourth-order valence-electron chi connectivity index (χ4n) is 6.43. The topological polar surface area (TPSA) is 35.9 Å². The van der Waals surface area contributed by atoms with Crippen LogP contribution in [-0.2, 0) is 16.8 Å². The number of hydrogen-bond donors (Lipinski definition) is 1. The summed E-state index contributed by atoms with van der Waals surface area (Å²) in [5.41, 5.74) is 2.36. The number of aliphatic hydroxyl groups excluding tert-OH is 1. The van der Waals surface area contributed by atoms with Gasteiger partial charge in [-0.25, -0.2) is 0 Å². The van der Waals surface area contributed by atoms with Crippen molar-refractivity contribution in [3.8, 4) is 0 Å². The van der Waals surface area contributed by atoms with E-state index in [0.29, 0.717) is 12.5 Å².